The summed E-state index contributed by atoms with van der Waals surface area (Å²) in [5.74, 6) is -0.257. The number of ether oxygens (including phenoxy) is 1. The molecule has 1 aromatic rings. The molecule has 104 valence electrons. The molecule has 2 rings (SSSR count). The van der Waals surface area contributed by atoms with Gasteiger partial charge < -0.3 is 14.7 Å². The summed E-state index contributed by atoms with van der Waals surface area (Å²) in [6.07, 6.45) is -5.73. The van der Waals surface area contributed by atoms with E-state index >= 15 is 0 Å². The van der Waals surface area contributed by atoms with Crippen molar-refractivity contribution in [3.05, 3.63) is 29.8 Å². The van der Waals surface area contributed by atoms with Crippen LogP contribution in [0.1, 0.15) is 12.0 Å². The van der Waals surface area contributed by atoms with Crippen molar-refractivity contribution in [3.8, 4) is 5.75 Å². The maximum absolute atomic E-state index is 12.7. The number of likely N-dealkylation sites (tertiary alicyclic amines) is 1. The molecular formula is C12H12F3NO3. The Bertz CT molecular complexity index is 476. The van der Waals surface area contributed by atoms with Gasteiger partial charge in [0.05, 0.1) is 12.1 Å². The maximum atomic E-state index is 12.7. The van der Waals surface area contributed by atoms with E-state index in [0.717, 1.165) is 11.0 Å². The summed E-state index contributed by atoms with van der Waals surface area (Å²) in [4.78, 5) is 11.8. The molecule has 1 amide bonds. The average Bonchev–Trinajstić information content (AvgIpc) is 2.77. The van der Waals surface area contributed by atoms with Crippen LogP contribution in [0.25, 0.3) is 0 Å². The van der Waals surface area contributed by atoms with E-state index in [1.165, 1.54) is 18.2 Å². The molecule has 1 fully saturated rings. The van der Waals surface area contributed by atoms with Crippen molar-refractivity contribution in [2.24, 2.45) is 0 Å². The molecule has 0 radical (unpaired) electrons. The number of carboxylic acid groups (broad SMARTS) is 1. The number of alkyl halides is 3. The zero-order chi connectivity index (χ0) is 14.0. The van der Waals surface area contributed by atoms with Crippen LogP contribution in [0.15, 0.2) is 24.3 Å². The molecule has 1 atom stereocenters. The van der Waals surface area contributed by atoms with Crippen LogP contribution in [0, 0.1) is 0 Å². The number of rotatable bonds is 2. The lowest BCUT2D eigenvalue weighted by Gasteiger charge is -2.18. The largest absolute Gasteiger partial charge is 0.488 e. The predicted octanol–water partition coefficient (Wildman–Crippen LogP) is 2.84. The van der Waals surface area contributed by atoms with Gasteiger partial charge in [-0.05, 0) is 12.1 Å². The van der Waals surface area contributed by atoms with Crippen molar-refractivity contribution in [1.82, 2.24) is 4.90 Å². The summed E-state index contributed by atoms with van der Waals surface area (Å²) in [7, 11) is 0. The SMILES string of the molecule is O=C(O)N1CC[C@H](Oc2ccccc2C(F)(F)F)C1. The predicted molar refractivity (Wildman–Crippen MR) is 60.1 cm³/mol. The highest BCUT2D eigenvalue weighted by atomic mass is 19.4. The highest BCUT2D eigenvalue weighted by Crippen LogP contribution is 2.36. The van der Waals surface area contributed by atoms with Crippen LogP contribution in [0.2, 0.25) is 0 Å². The molecule has 0 unspecified atom stereocenters. The van der Waals surface area contributed by atoms with E-state index in [9.17, 15) is 18.0 Å². The maximum Gasteiger partial charge on any atom is 0.419 e. The topological polar surface area (TPSA) is 49.8 Å². The minimum atomic E-state index is -4.48. The summed E-state index contributed by atoms with van der Waals surface area (Å²) < 4.78 is 43.5. The first kappa shape index (κ1) is 13.5. The van der Waals surface area contributed by atoms with E-state index in [1.54, 1.807) is 0 Å². The standard InChI is InChI=1S/C12H12F3NO3/c13-12(14,15)9-3-1-2-4-10(9)19-8-5-6-16(7-8)11(17)18/h1-4,8H,5-7H2,(H,17,18)/t8-/m0/s1. The Labute approximate surface area is 107 Å². The van der Waals surface area contributed by atoms with Gasteiger partial charge in [0, 0.05) is 13.0 Å². The first-order chi connectivity index (χ1) is 8.88. The number of carbonyl (C=O) groups is 1. The molecule has 19 heavy (non-hydrogen) atoms. The third-order valence-electron chi connectivity index (χ3n) is 2.90. The van der Waals surface area contributed by atoms with Crippen LogP contribution >= 0.6 is 0 Å². The van der Waals surface area contributed by atoms with Crippen molar-refractivity contribution in [2.75, 3.05) is 13.1 Å². The zero-order valence-electron chi connectivity index (χ0n) is 9.85. The molecule has 0 saturated carbocycles. The van der Waals surface area contributed by atoms with Gasteiger partial charge in [0.1, 0.15) is 11.9 Å². The molecule has 0 spiro atoms. The van der Waals surface area contributed by atoms with Crippen molar-refractivity contribution < 1.29 is 27.8 Å². The Kier molecular flexibility index (Phi) is 3.55. The van der Waals surface area contributed by atoms with Crippen LogP contribution in [-0.4, -0.2) is 35.3 Å². The second-order valence-electron chi connectivity index (χ2n) is 4.25. The first-order valence-electron chi connectivity index (χ1n) is 5.68. The van der Waals surface area contributed by atoms with Crippen molar-refractivity contribution in [3.63, 3.8) is 0 Å². The smallest absolute Gasteiger partial charge is 0.419 e. The Morgan fingerprint density at radius 2 is 2.05 bits per heavy atom. The number of amides is 1. The van der Waals surface area contributed by atoms with Gasteiger partial charge in [-0.3, -0.25) is 0 Å². The van der Waals surface area contributed by atoms with Gasteiger partial charge in [-0.1, -0.05) is 12.1 Å². The van der Waals surface area contributed by atoms with Crippen molar-refractivity contribution >= 4 is 6.09 Å². The molecule has 7 heteroatoms. The van der Waals surface area contributed by atoms with Gasteiger partial charge in [-0.2, -0.15) is 13.2 Å². The summed E-state index contributed by atoms with van der Waals surface area (Å²) in [5.41, 5.74) is -0.844. The lowest BCUT2D eigenvalue weighted by atomic mass is 10.2. The van der Waals surface area contributed by atoms with Gasteiger partial charge in [0.15, 0.2) is 0 Å². The summed E-state index contributed by atoms with van der Waals surface area (Å²) in [5, 5.41) is 8.77. The summed E-state index contributed by atoms with van der Waals surface area (Å²) in [6, 6.07) is 4.92. The zero-order valence-corrected chi connectivity index (χ0v) is 9.85. The van der Waals surface area contributed by atoms with Gasteiger partial charge in [-0.25, -0.2) is 4.79 Å². The van der Waals surface area contributed by atoms with Crippen LogP contribution in [0.3, 0.4) is 0 Å². The molecule has 0 bridgehead atoms. The highest BCUT2D eigenvalue weighted by Gasteiger charge is 2.35. The van der Waals surface area contributed by atoms with E-state index in [1.807, 2.05) is 0 Å². The third-order valence-corrected chi connectivity index (χ3v) is 2.90. The van der Waals surface area contributed by atoms with Crippen LogP contribution in [0.4, 0.5) is 18.0 Å². The Morgan fingerprint density at radius 1 is 1.37 bits per heavy atom. The molecule has 1 N–H and O–H groups in total. The second-order valence-corrected chi connectivity index (χ2v) is 4.25. The molecule has 4 nitrogen and oxygen atoms in total. The fourth-order valence-electron chi connectivity index (χ4n) is 1.98. The fourth-order valence-corrected chi connectivity index (χ4v) is 1.98. The van der Waals surface area contributed by atoms with E-state index in [-0.39, 0.29) is 18.8 Å². The van der Waals surface area contributed by atoms with Crippen LogP contribution in [-0.2, 0) is 6.18 Å². The van der Waals surface area contributed by atoms with E-state index < -0.39 is 23.9 Å². The highest BCUT2D eigenvalue weighted by molar-refractivity contribution is 5.65. The minimum absolute atomic E-state index is 0.0848. The van der Waals surface area contributed by atoms with Crippen LogP contribution < -0.4 is 4.74 Å². The van der Waals surface area contributed by atoms with E-state index in [0.29, 0.717) is 6.42 Å². The lowest BCUT2D eigenvalue weighted by Crippen LogP contribution is -2.29. The van der Waals surface area contributed by atoms with Crippen molar-refractivity contribution in [2.45, 2.75) is 18.7 Å². The monoisotopic (exact) mass is 275 g/mol. The van der Waals surface area contributed by atoms with Crippen molar-refractivity contribution in [1.29, 1.82) is 0 Å². The van der Waals surface area contributed by atoms with Crippen LogP contribution in [0.5, 0.6) is 5.75 Å². The molecule has 1 saturated heterocycles. The fraction of sp³-hybridized carbons (Fsp3) is 0.417. The number of para-hydroxylation sites is 1. The molecular weight excluding hydrogens is 263 g/mol. The average molecular weight is 275 g/mol. The van der Waals surface area contributed by atoms with Gasteiger partial charge in [-0.15, -0.1) is 0 Å². The Balaban J connectivity index is 2.11. The minimum Gasteiger partial charge on any atom is -0.488 e. The summed E-state index contributed by atoms with van der Waals surface area (Å²) in [6.45, 7) is 0.357. The molecule has 0 aliphatic carbocycles. The van der Waals surface area contributed by atoms with Gasteiger partial charge >= 0.3 is 12.3 Å². The third kappa shape index (κ3) is 3.10. The number of hydrogen-bond donors (Lipinski definition) is 1. The second kappa shape index (κ2) is 4.99. The Hall–Kier alpha value is -1.92. The summed E-state index contributed by atoms with van der Waals surface area (Å²) >= 11 is 0. The number of nitrogens with zero attached hydrogens (tertiary/aromatic N) is 1. The lowest BCUT2D eigenvalue weighted by molar-refractivity contribution is -0.139. The molecule has 1 aromatic carbocycles. The Morgan fingerprint density at radius 3 is 2.63 bits per heavy atom. The molecule has 0 aromatic heterocycles. The molecule has 1 heterocycles. The number of halogens is 3. The van der Waals surface area contributed by atoms with E-state index in [2.05, 4.69) is 0 Å². The van der Waals surface area contributed by atoms with E-state index in [4.69, 9.17) is 9.84 Å². The normalized spacial score (nSPS) is 19.5. The number of hydrogen-bond acceptors (Lipinski definition) is 2. The molecule has 1 aliphatic rings. The van der Waals surface area contributed by atoms with Gasteiger partial charge in [0.25, 0.3) is 0 Å². The first-order valence-corrected chi connectivity index (χ1v) is 5.68. The number of benzene rings is 1. The molecule has 1 aliphatic heterocycles. The quantitative estimate of drug-likeness (QED) is 0.902. The van der Waals surface area contributed by atoms with Gasteiger partial charge in [0.2, 0.25) is 0 Å².